The van der Waals surface area contributed by atoms with Crippen molar-refractivity contribution in [1.29, 1.82) is 0 Å². The molecule has 1 heterocycles. The van der Waals surface area contributed by atoms with Crippen LogP contribution in [0.25, 0.3) is 0 Å². The lowest BCUT2D eigenvalue weighted by Crippen LogP contribution is -2.45. The van der Waals surface area contributed by atoms with Crippen molar-refractivity contribution in [2.24, 2.45) is 0 Å². The monoisotopic (exact) mass is 344 g/mol. The highest BCUT2D eigenvalue weighted by molar-refractivity contribution is 6.30. The smallest absolute Gasteiger partial charge is 0.124 e. The third-order valence-electron chi connectivity index (χ3n) is 4.71. The summed E-state index contributed by atoms with van der Waals surface area (Å²) in [4.78, 5) is 2.51. The lowest BCUT2D eigenvalue weighted by Gasteiger charge is -2.36. The van der Waals surface area contributed by atoms with Gasteiger partial charge in [0, 0.05) is 36.8 Å². The van der Waals surface area contributed by atoms with E-state index in [2.05, 4.69) is 41.4 Å². The molecule has 4 heteroatoms. The second-order valence-electron chi connectivity index (χ2n) is 6.17. The number of aryl methyl sites for hydroxylation is 1. The van der Waals surface area contributed by atoms with Crippen molar-refractivity contribution in [3.63, 3.8) is 0 Å². The average molecular weight is 345 g/mol. The number of rotatable bonds is 5. The van der Waals surface area contributed by atoms with Crippen molar-refractivity contribution in [2.75, 3.05) is 33.3 Å². The molecule has 1 unspecified atom stereocenters. The van der Waals surface area contributed by atoms with Gasteiger partial charge >= 0.3 is 0 Å². The number of hydrogen-bond acceptors (Lipinski definition) is 3. The van der Waals surface area contributed by atoms with E-state index in [4.69, 9.17) is 16.3 Å². The molecule has 1 atom stereocenters. The highest BCUT2D eigenvalue weighted by Gasteiger charge is 2.26. The first-order valence-electron chi connectivity index (χ1n) is 8.60. The molecular formula is C20H25ClN2O. The van der Waals surface area contributed by atoms with Crippen molar-refractivity contribution in [3.8, 4) is 5.75 Å². The number of benzene rings is 2. The summed E-state index contributed by atoms with van der Waals surface area (Å²) in [5.41, 5.74) is 3.78. The highest BCUT2D eigenvalue weighted by atomic mass is 35.5. The lowest BCUT2D eigenvalue weighted by molar-refractivity contribution is 0.195. The molecule has 1 aliphatic heterocycles. The number of nitrogens with one attached hydrogen (secondary N) is 1. The van der Waals surface area contributed by atoms with Gasteiger partial charge in [0.15, 0.2) is 0 Å². The van der Waals surface area contributed by atoms with Gasteiger partial charge in [0.25, 0.3) is 0 Å². The van der Waals surface area contributed by atoms with Crippen LogP contribution in [0.4, 0.5) is 0 Å². The molecule has 3 rings (SSSR count). The predicted molar refractivity (Wildman–Crippen MR) is 100 cm³/mol. The van der Waals surface area contributed by atoms with Crippen LogP contribution in [0.1, 0.15) is 29.7 Å². The molecule has 0 bridgehead atoms. The third-order valence-corrected chi connectivity index (χ3v) is 4.94. The Kier molecular flexibility index (Phi) is 5.77. The van der Waals surface area contributed by atoms with Crippen molar-refractivity contribution in [3.05, 3.63) is 64.2 Å². The maximum atomic E-state index is 6.31. The summed E-state index contributed by atoms with van der Waals surface area (Å²) in [6.45, 7) is 6.22. The number of ether oxygens (including phenoxy) is 1. The fourth-order valence-corrected chi connectivity index (χ4v) is 3.56. The zero-order valence-corrected chi connectivity index (χ0v) is 15.1. The first-order valence-corrected chi connectivity index (χ1v) is 8.97. The van der Waals surface area contributed by atoms with E-state index in [9.17, 15) is 0 Å². The van der Waals surface area contributed by atoms with Crippen LogP contribution in [0.2, 0.25) is 5.02 Å². The molecule has 1 N–H and O–H groups in total. The van der Waals surface area contributed by atoms with Crippen molar-refractivity contribution in [2.45, 2.75) is 19.4 Å². The summed E-state index contributed by atoms with van der Waals surface area (Å²) in [7, 11) is 1.72. The van der Waals surface area contributed by atoms with E-state index in [1.165, 1.54) is 11.1 Å². The zero-order chi connectivity index (χ0) is 16.9. The van der Waals surface area contributed by atoms with Crippen LogP contribution < -0.4 is 10.1 Å². The Morgan fingerprint density at radius 1 is 1.12 bits per heavy atom. The van der Waals surface area contributed by atoms with Crippen LogP contribution in [0.15, 0.2) is 42.5 Å². The van der Waals surface area contributed by atoms with E-state index in [1.54, 1.807) is 7.11 Å². The lowest BCUT2D eigenvalue weighted by atomic mass is 9.94. The molecule has 0 saturated carbocycles. The van der Waals surface area contributed by atoms with E-state index in [0.717, 1.165) is 48.9 Å². The summed E-state index contributed by atoms with van der Waals surface area (Å²) in [6.07, 6.45) is 1.05. The van der Waals surface area contributed by atoms with E-state index in [1.807, 2.05) is 18.2 Å². The number of nitrogens with zero attached hydrogens (tertiary/aromatic N) is 1. The first-order chi connectivity index (χ1) is 11.7. The molecule has 0 aromatic heterocycles. The number of piperazine rings is 1. The van der Waals surface area contributed by atoms with Crippen molar-refractivity contribution >= 4 is 11.6 Å². The van der Waals surface area contributed by atoms with Crippen LogP contribution >= 0.6 is 11.6 Å². The number of hydrogen-bond donors (Lipinski definition) is 1. The molecule has 24 heavy (non-hydrogen) atoms. The Morgan fingerprint density at radius 3 is 2.46 bits per heavy atom. The van der Waals surface area contributed by atoms with Crippen LogP contribution in [0.5, 0.6) is 5.75 Å². The van der Waals surface area contributed by atoms with Gasteiger partial charge in [-0.15, -0.1) is 0 Å². The molecule has 3 nitrogen and oxygen atoms in total. The summed E-state index contributed by atoms with van der Waals surface area (Å²) in [6, 6.07) is 15.0. The molecule has 2 aromatic rings. The van der Waals surface area contributed by atoms with Gasteiger partial charge < -0.3 is 10.1 Å². The topological polar surface area (TPSA) is 24.5 Å². The fourth-order valence-electron chi connectivity index (χ4n) is 3.38. The maximum Gasteiger partial charge on any atom is 0.124 e. The van der Waals surface area contributed by atoms with Crippen molar-refractivity contribution in [1.82, 2.24) is 10.2 Å². The SMILES string of the molecule is CCc1ccc(C(c2cc(Cl)ccc2OC)N2CCNCC2)cc1. The Morgan fingerprint density at radius 2 is 1.83 bits per heavy atom. The average Bonchev–Trinajstić information content (AvgIpc) is 2.64. The van der Waals surface area contributed by atoms with Crippen LogP contribution in [0.3, 0.4) is 0 Å². The number of methoxy groups -OCH3 is 1. The second kappa shape index (κ2) is 8.02. The van der Waals surface area contributed by atoms with Gasteiger partial charge in [-0.25, -0.2) is 0 Å². The Hall–Kier alpha value is -1.55. The van der Waals surface area contributed by atoms with E-state index in [0.29, 0.717) is 0 Å². The molecule has 128 valence electrons. The molecule has 2 aromatic carbocycles. The Bertz CT molecular complexity index is 666. The Balaban J connectivity index is 2.05. The molecule has 0 aliphatic carbocycles. The van der Waals surface area contributed by atoms with Gasteiger partial charge in [0.2, 0.25) is 0 Å². The summed E-state index contributed by atoms with van der Waals surface area (Å²) < 4.78 is 5.64. The molecule has 0 radical (unpaired) electrons. The van der Waals surface area contributed by atoms with Crippen LogP contribution in [0, 0.1) is 0 Å². The molecule has 1 saturated heterocycles. The van der Waals surface area contributed by atoms with Crippen LogP contribution in [-0.2, 0) is 6.42 Å². The standard InChI is InChI=1S/C20H25ClN2O/c1-3-15-4-6-16(7-5-15)20(23-12-10-22-11-13-23)18-14-17(21)8-9-19(18)24-2/h4-9,14,20,22H,3,10-13H2,1-2H3. The van der Waals surface area contributed by atoms with Gasteiger partial charge in [-0.3, -0.25) is 4.90 Å². The zero-order valence-electron chi connectivity index (χ0n) is 14.4. The molecule has 1 aliphatic rings. The van der Waals surface area contributed by atoms with Crippen LogP contribution in [-0.4, -0.2) is 38.2 Å². The molecule has 0 amide bonds. The van der Waals surface area contributed by atoms with Gasteiger partial charge in [-0.2, -0.15) is 0 Å². The molecule has 1 fully saturated rings. The second-order valence-corrected chi connectivity index (χ2v) is 6.61. The van der Waals surface area contributed by atoms with Gasteiger partial charge in [0.05, 0.1) is 13.2 Å². The van der Waals surface area contributed by atoms with E-state index < -0.39 is 0 Å². The van der Waals surface area contributed by atoms with Gasteiger partial charge in [0.1, 0.15) is 5.75 Å². The van der Waals surface area contributed by atoms with E-state index >= 15 is 0 Å². The summed E-state index contributed by atoms with van der Waals surface area (Å²) in [5.74, 6) is 0.891. The van der Waals surface area contributed by atoms with Gasteiger partial charge in [-0.05, 0) is 35.7 Å². The van der Waals surface area contributed by atoms with Crippen molar-refractivity contribution < 1.29 is 4.74 Å². The largest absolute Gasteiger partial charge is 0.496 e. The summed E-state index contributed by atoms with van der Waals surface area (Å²) >= 11 is 6.31. The highest BCUT2D eigenvalue weighted by Crippen LogP contribution is 2.36. The fraction of sp³-hybridized carbons (Fsp3) is 0.400. The third kappa shape index (κ3) is 3.75. The minimum atomic E-state index is 0.159. The minimum Gasteiger partial charge on any atom is -0.496 e. The summed E-state index contributed by atoms with van der Waals surface area (Å²) in [5, 5.41) is 4.18. The maximum absolute atomic E-state index is 6.31. The first kappa shape index (κ1) is 17.3. The Labute approximate surface area is 149 Å². The van der Waals surface area contributed by atoms with E-state index in [-0.39, 0.29) is 6.04 Å². The predicted octanol–water partition coefficient (Wildman–Crippen LogP) is 3.91. The quantitative estimate of drug-likeness (QED) is 0.890. The number of halogens is 1. The minimum absolute atomic E-state index is 0.159. The molecular weight excluding hydrogens is 320 g/mol. The molecule has 0 spiro atoms. The normalized spacial score (nSPS) is 16.8. The van der Waals surface area contributed by atoms with Gasteiger partial charge in [-0.1, -0.05) is 42.8 Å².